The molecule has 0 aromatic carbocycles. The lowest BCUT2D eigenvalue weighted by Crippen LogP contribution is -2.10. The van der Waals surface area contributed by atoms with Gasteiger partial charge in [-0.2, -0.15) is 0 Å². The van der Waals surface area contributed by atoms with E-state index in [9.17, 15) is 4.79 Å². The van der Waals surface area contributed by atoms with Crippen LogP contribution in [0.25, 0.3) is 0 Å². The Hall–Kier alpha value is -0.330. The van der Waals surface area contributed by atoms with Crippen LogP contribution in [0.1, 0.15) is 33.6 Å². The maximum atomic E-state index is 11.3. The van der Waals surface area contributed by atoms with Gasteiger partial charge < -0.3 is 0 Å². The molecular formula is C10H16O. The summed E-state index contributed by atoms with van der Waals surface area (Å²) in [6, 6.07) is 0. The van der Waals surface area contributed by atoms with Gasteiger partial charge in [0.25, 0.3) is 0 Å². The van der Waals surface area contributed by atoms with Crippen LogP contribution in [0.4, 0.5) is 0 Å². The number of carbonyl (C=O) groups excluding carboxylic acids is 1. The van der Waals surface area contributed by atoms with Crippen LogP contribution in [0.2, 0.25) is 0 Å². The molecule has 2 fully saturated rings. The van der Waals surface area contributed by atoms with Crippen molar-refractivity contribution in [3.05, 3.63) is 0 Å². The highest BCUT2D eigenvalue weighted by Crippen LogP contribution is 2.68. The monoisotopic (exact) mass is 152 g/mol. The highest BCUT2D eigenvalue weighted by Gasteiger charge is 2.64. The lowest BCUT2D eigenvalue weighted by Gasteiger charge is -2.14. The van der Waals surface area contributed by atoms with Gasteiger partial charge in [-0.25, -0.2) is 0 Å². The summed E-state index contributed by atoms with van der Waals surface area (Å²) in [5, 5.41) is 0. The summed E-state index contributed by atoms with van der Waals surface area (Å²) in [6.07, 6.45) is 2.19. The fourth-order valence-electron chi connectivity index (χ4n) is 2.81. The van der Waals surface area contributed by atoms with Gasteiger partial charge in [-0.3, -0.25) is 4.79 Å². The minimum absolute atomic E-state index is 0.373. The molecule has 2 rings (SSSR count). The lowest BCUT2D eigenvalue weighted by atomic mass is 9.90. The van der Waals surface area contributed by atoms with Crippen molar-refractivity contribution in [2.45, 2.75) is 33.6 Å². The molecule has 0 saturated heterocycles. The maximum absolute atomic E-state index is 11.3. The van der Waals surface area contributed by atoms with E-state index in [1.54, 1.807) is 0 Å². The van der Waals surface area contributed by atoms with Gasteiger partial charge >= 0.3 is 0 Å². The van der Waals surface area contributed by atoms with Crippen LogP contribution < -0.4 is 0 Å². The van der Waals surface area contributed by atoms with Crippen LogP contribution in [-0.2, 0) is 4.79 Å². The second-order valence-corrected chi connectivity index (χ2v) is 4.63. The van der Waals surface area contributed by atoms with E-state index < -0.39 is 0 Å². The van der Waals surface area contributed by atoms with Crippen LogP contribution in [0, 0.1) is 23.2 Å². The number of rotatable bonds is 1. The summed E-state index contributed by atoms with van der Waals surface area (Å²) in [5.41, 5.74) is 0.455. The molecule has 2 saturated carbocycles. The molecule has 3 atom stereocenters. The van der Waals surface area contributed by atoms with E-state index in [4.69, 9.17) is 0 Å². The van der Waals surface area contributed by atoms with E-state index >= 15 is 0 Å². The number of hydrogen-bond acceptors (Lipinski definition) is 1. The summed E-state index contributed by atoms with van der Waals surface area (Å²) in [5.74, 6) is 2.34. The molecule has 1 heteroatoms. The third-order valence-electron chi connectivity index (χ3n) is 3.94. The zero-order valence-electron chi connectivity index (χ0n) is 7.55. The predicted molar refractivity (Wildman–Crippen MR) is 44.2 cm³/mol. The molecule has 0 unspecified atom stereocenters. The average molecular weight is 152 g/mol. The van der Waals surface area contributed by atoms with E-state index in [1.165, 1.54) is 6.42 Å². The first-order valence-electron chi connectivity index (χ1n) is 4.60. The minimum atomic E-state index is 0.373. The molecule has 62 valence electrons. The first-order chi connectivity index (χ1) is 5.08. The zero-order valence-corrected chi connectivity index (χ0v) is 7.55. The van der Waals surface area contributed by atoms with Gasteiger partial charge in [0.2, 0.25) is 0 Å². The van der Waals surface area contributed by atoms with Crippen molar-refractivity contribution < 1.29 is 4.79 Å². The molecule has 0 N–H and O–H groups in total. The first kappa shape index (κ1) is 7.33. The Balaban J connectivity index is 2.20. The fraction of sp³-hybridized carbons (Fsp3) is 0.900. The van der Waals surface area contributed by atoms with E-state index in [1.807, 2.05) is 0 Å². The average Bonchev–Trinajstić information content (AvgIpc) is 2.57. The summed E-state index contributed by atoms with van der Waals surface area (Å²) in [7, 11) is 0. The van der Waals surface area contributed by atoms with Crippen molar-refractivity contribution in [3.63, 3.8) is 0 Å². The molecule has 0 aliphatic heterocycles. The molecule has 0 radical (unpaired) electrons. The minimum Gasteiger partial charge on any atom is -0.299 e. The first-order valence-corrected chi connectivity index (χ1v) is 4.60. The lowest BCUT2D eigenvalue weighted by molar-refractivity contribution is -0.121. The second kappa shape index (κ2) is 1.88. The molecule has 2 aliphatic rings. The summed E-state index contributed by atoms with van der Waals surface area (Å²) in [4.78, 5) is 11.3. The Morgan fingerprint density at radius 3 is 2.45 bits per heavy atom. The van der Waals surface area contributed by atoms with Crippen molar-refractivity contribution >= 4 is 5.78 Å². The van der Waals surface area contributed by atoms with Crippen LogP contribution in [0.15, 0.2) is 0 Å². The largest absolute Gasteiger partial charge is 0.299 e. The van der Waals surface area contributed by atoms with Gasteiger partial charge in [0.1, 0.15) is 5.78 Å². The number of ketones is 1. The Morgan fingerprint density at radius 1 is 1.55 bits per heavy atom. The SMILES string of the molecule is CC(C)[C@@]12CC(=O)[C@H](C)[C@H]1C2. The van der Waals surface area contributed by atoms with Crippen molar-refractivity contribution in [2.24, 2.45) is 23.2 Å². The van der Waals surface area contributed by atoms with Gasteiger partial charge in [-0.1, -0.05) is 20.8 Å². The molecule has 0 aromatic heterocycles. The Kier molecular flexibility index (Phi) is 1.25. The van der Waals surface area contributed by atoms with E-state index in [0.717, 1.165) is 12.3 Å². The number of Topliss-reactive ketones (excluding diaryl/α,β-unsaturated/α-hetero) is 1. The molecule has 0 amide bonds. The summed E-state index contributed by atoms with van der Waals surface area (Å²) >= 11 is 0. The van der Waals surface area contributed by atoms with Gasteiger partial charge in [0.05, 0.1) is 0 Å². The number of hydrogen-bond donors (Lipinski definition) is 0. The number of carbonyl (C=O) groups is 1. The molecular weight excluding hydrogens is 136 g/mol. The third-order valence-corrected chi connectivity index (χ3v) is 3.94. The fourth-order valence-corrected chi connectivity index (χ4v) is 2.81. The molecule has 11 heavy (non-hydrogen) atoms. The van der Waals surface area contributed by atoms with Crippen molar-refractivity contribution in [3.8, 4) is 0 Å². The molecule has 1 nitrogen and oxygen atoms in total. The smallest absolute Gasteiger partial charge is 0.136 e. The summed E-state index contributed by atoms with van der Waals surface area (Å²) < 4.78 is 0. The van der Waals surface area contributed by atoms with Crippen LogP contribution in [0.3, 0.4) is 0 Å². The van der Waals surface area contributed by atoms with E-state index in [2.05, 4.69) is 20.8 Å². The van der Waals surface area contributed by atoms with Crippen molar-refractivity contribution in [1.82, 2.24) is 0 Å². The predicted octanol–water partition coefficient (Wildman–Crippen LogP) is 2.26. The van der Waals surface area contributed by atoms with Crippen LogP contribution in [-0.4, -0.2) is 5.78 Å². The number of fused-ring (bicyclic) bond motifs is 1. The van der Waals surface area contributed by atoms with Crippen LogP contribution in [0.5, 0.6) is 0 Å². The topological polar surface area (TPSA) is 17.1 Å². The Labute approximate surface area is 68.2 Å². The van der Waals surface area contributed by atoms with Crippen molar-refractivity contribution in [1.29, 1.82) is 0 Å². The maximum Gasteiger partial charge on any atom is 0.136 e. The van der Waals surface area contributed by atoms with Gasteiger partial charge in [0, 0.05) is 12.3 Å². The normalized spacial score (nSPS) is 48.2. The van der Waals surface area contributed by atoms with E-state index in [-0.39, 0.29) is 0 Å². The molecule has 0 bridgehead atoms. The Bertz CT molecular complexity index is 207. The van der Waals surface area contributed by atoms with Gasteiger partial charge in [0.15, 0.2) is 0 Å². The third kappa shape index (κ3) is 0.743. The van der Waals surface area contributed by atoms with Gasteiger partial charge in [-0.05, 0) is 23.7 Å². The quantitative estimate of drug-likeness (QED) is 0.563. The summed E-state index contributed by atoms with van der Waals surface area (Å²) in [6.45, 7) is 6.61. The standard InChI is InChI=1S/C10H16O/c1-6(2)10-4-8(10)7(3)9(11)5-10/h6-8H,4-5H2,1-3H3/t7-,8-,10-/m1/s1. The van der Waals surface area contributed by atoms with Gasteiger partial charge in [-0.15, -0.1) is 0 Å². The highest BCUT2D eigenvalue weighted by atomic mass is 16.1. The highest BCUT2D eigenvalue weighted by molar-refractivity contribution is 5.86. The zero-order chi connectivity index (χ0) is 8.22. The molecule has 2 aliphatic carbocycles. The Morgan fingerprint density at radius 2 is 2.18 bits per heavy atom. The molecule has 0 heterocycles. The molecule has 0 aromatic rings. The molecule has 0 spiro atoms. The second-order valence-electron chi connectivity index (χ2n) is 4.63. The van der Waals surface area contributed by atoms with Crippen molar-refractivity contribution in [2.75, 3.05) is 0 Å². The van der Waals surface area contributed by atoms with Crippen LogP contribution >= 0.6 is 0 Å². The van der Waals surface area contributed by atoms with E-state index in [0.29, 0.717) is 23.0 Å².